The van der Waals surface area contributed by atoms with E-state index in [0.29, 0.717) is 0 Å². The number of carbonyl (C=O) groups excluding carboxylic acids is 2. The molecule has 0 aliphatic carbocycles. The van der Waals surface area contributed by atoms with Crippen LogP contribution in [0.15, 0.2) is 42.5 Å². The predicted octanol–water partition coefficient (Wildman–Crippen LogP) is 4.11. The van der Waals surface area contributed by atoms with Gasteiger partial charge in [-0.3, -0.25) is 14.9 Å². The summed E-state index contributed by atoms with van der Waals surface area (Å²) in [4.78, 5) is 34.6. The Kier molecular flexibility index (Phi) is 6.02. The number of nitrogens with zero attached hydrogens (tertiary/aromatic N) is 1. The first-order chi connectivity index (χ1) is 13.0. The number of nitro groups is 1. The second kappa shape index (κ2) is 8.07. The van der Waals surface area contributed by atoms with Gasteiger partial charge in [-0.05, 0) is 38.1 Å². The first kappa shape index (κ1) is 20.9. The molecule has 1 atom stereocenters. The largest absolute Gasteiger partial charge is 0.449 e. The summed E-state index contributed by atoms with van der Waals surface area (Å²) in [6, 6.07) is 7.81. The first-order valence-electron chi connectivity index (χ1n) is 7.94. The lowest BCUT2D eigenvalue weighted by molar-refractivity contribution is -0.385. The molecule has 0 unspecified atom stereocenters. The lowest BCUT2D eigenvalue weighted by atomic mass is 10.1. The maximum atomic E-state index is 12.7. The maximum absolute atomic E-state index is 12.7. The number of esters is 1. The molecule has 0 bridgehead atoms. The zero-order chi connectivity index (χ0) is 21.1. The normalized spacial score (nSPS) is 12.2. The van der Waals surface area contributed by atoms with E-state index in [4.69, 9.17) is 4.74 Å². The van der Waals surface area contributed by atoms with Crippen LogP contribution in [-0.4, -0.2) is 22.9 Å². The topological polar surface area (TPSA) is 98.5 Å². The van der Waals surface area contributed by atoms with Gasteiger partial charge < -0.3 is 10.1 Å². The van der Waals surface area contributed by atoms with Crippen LogP contribution in [0.1, 0.15) is 28.4 Å². The number of hydrogen-bond acceptors (Lipinski definition) is 5. The highest BCUT2D eigenvalue weighted by Gasteiger charge is 2.31. The third-order valence-corrected chi connectivity index (χ3v) is 3.83. The summed E-state index contributed by atoms with van der Waals surface area (Å²) < 4.78 is 43.2. The molecule has 0 aliphatic heterocycles. The van der Waals surface area contributed by atoms with E-state index in [2.05, 4.69) is 5.32 Å². The molecule has 28 heavy (non-hydrogen) atoms. The summed E-state index contributed by atoms with van der Waals surface area (Å²) in [7, 11) is 0. The quantitative estimate of drug-likeness (QED) is 0.466. The molecule has 0 aliphatic rings. The van der Waals surface area contributed by atoms with Crippen molar-refractivity contribution in [3.05, 3.63) is 69.3 Å². The molecule has 0 fully saturated rings. The van der Waals surface area contributed by atoms with Gasteiger partial charge in [0.1, 0.15) is 0 Å². The Morgan fingerprint density at radius 1 is 1.18 bits per heavy atom. The van der Waals surface area contributed by atoms with Crippen molar-refractivity contribution in [2.75, 3.05) is 5.32 Å². The molecule has 0 aromatic heterocycles. The fraction of sp³-hybridized carbons (Fsp3) is 0.222. The van der Waals surface area contributed by atoms with Crippen LogP contribution in [0.2, 0.25) is 0 Å². The third kappa shape index (κ3) is 4.84. The van der Waals surface area contributed by atoms with Crippen molar-refractivity contribution >= 4 is 23.3 Å². The van der Waals surface area contributed by atoms with Gasteiger partial charge in [-0.25, -0.2) is 4.79 Å². The average Bonchev–Trinajstić information content (AvgIpc) is 2.60. The van der Waals surface area contributed by atoms with Gasteiger partial charge in [0.15, 0.2) is 6.10 Å². The van der Waals surface area contributed by atoms with E-state index in [1.54, 1.807) is 0 Å². The van der Waals surface area contributed by atoms with Crippen LogP contribution in [-0.2, 0) is 15.7 Å². The molecule has 10 heteroatoms. The van der Waals surface area contributed by atoms with Gasteiger partial charge in [-0.15, -0.1) is 0 Å². The van der Waals surface area contributed by atoms with Crippen LogP contribution >= 0.6 is 0 Å². The van der Waals surface area contributed by atoms with Gasteiger partial charge in [-0.1, -0.05) is 12.1 Å². The molecular weight excluding hydrogens is 381 g/mol. The van der Waals surface area contributed by atoms with Gasteiger partial charge in [0.2, 0.25) is 0 Å². The molecular formula is C18H15F3N2O5. The summed E-state index contributed by atoms with van der Waals surface area (Å²) in [6.07, 6.45) is -5.92. The second-order valence-corrected chi connectivity index (χ2v) is 5.82. The number of alkyl halides is 3. The molecule has 7 nitrogen and oxygen atoms in total. The van der Waals surface area contributed by atoms with Crippen molar-refractivity contribution < 1.29 is 32.4 Å². The fourth-order valence-electron chi connectivity index (χ4n) is 2.34. The molecule has 148 valence electrons. The van der Waals surface area contributed by atoms with Gasteiger partial charge in [0.25, 0.3) is 11.6 Å². The summed E-state index contributed by atoms with van der Waals surface area (Å²) in [6.45, 7) is 2.59. The van der Waals surface area contributed by atoms with E-state index in [1.165, 1.54) is 38.1 Å². The zero-order valence-electron chi connectivity index (χ0n) is 14.7. The van der Waals surface area contributed by atoms with Crippen molar-refractivity contribution in [2.45, 2.75) is 26.1 Å². The van der Waals surface area contributed by atoms with Gasteiger partial charge in [0, 0.05) is 17.3 Å². The fourth-order valence-corrected chi connectivity index (χ4v) is 2.34. The Morgan fingerprint density at radius 3 is 2.43 bits per heavy atom. The molecule has 0 spiro atoms. The summed E-state index contributed by atoms with van der Waals surface area (Å²) in [5.74, 6) is -1.82. The Hall–Kier alpha value is -3.43. The molecule has 1 N–H and O–H groups in total. The van der Waals surface area contributed by atoms with Crippen LogP contribution in [0.25, 0.3) is 0 Å². The molecule has 2 aromatic carbocycles. The second-order valence-electron chi connectivity index (χ2n) is 5.82. The van der Waals surface area contributed by atoms with Crippen LogP contribution < -0.4 is 5.32 Å². The van der Waals surface area contributed by atoms with E-state index in [1.807, 2.05) is 0 Å². The Morgan fingerprint density at radius 2 is 1.82 bits per heavy atom. The number of carbonyl (C=O) groups is 2. The van der Waals surface area contributed by atoms with Crippen molar-refractivity contribution in [1.29, 1.82) is 0 Å². The highest BCUT2D eigenvalue weighted by molar-refractivity contribution is 5.98. The minimum absolute atomic E-state index is 0.0722. The SMILES string of the molecule is Cc1c(C(=O)O[C@@H](C)C(=O)Nc2cccc(C(F)(F)F)c2)cccc1[N+](=O)[O-]. The van der Waals surface area contributed by atoms with Crippen molar-refractivity contribution in [3.8, 4) is 0 Å². The number of amides is 1. The molecule has 2 aromatic rings. The van der Waals surface area contributed by atoms with E-state index in [9.17, 15) is 32.9 Å². The first-order valence-corrected chi connectivity index (χ1v) is 7.94. The zero-order valence-corrected chi connectivity index (χ0v) is 14.7. The average molecular weight is 396 g/mol. The standard InChI is InChI=1S/C18H15F3N2O5/c1-10-14(7-4-8-15(10)23(26)27)17(25)28-11(2)16(24)22-13-6-3-5-12(9-13)18(19,20)21/h3-9,11H,1-2H3,(H,22,24)/t11-/m0/s1. The lowest BCUT2D eigenvalue weighted by Gasteiger charge is -2.15. The number of halogens is 3. The maximum Gasteiger partial charge on any atom is 0.416 e. The lowest BCUT2D eigenvalue weighted by Crippen LogP contribution is -2.30. The molecule has 0 radical (unpaired) electrons. The molecule has 1 amide bonds. The molecule has 2 rings (SSSR count). The minimum atomic E-state index is -4.57. The number of nitro benzene ring substituents is 1. The Balaban J connectivity index is 2.10. The number of anilines is 1. The Labute approximate surface area is 157 Å². The van der Waals surface area contributed by atoms with E-state index < -0.39 is 34.6 Å². The third-order valence-electron chi connectivity index (χ3n) is 3.83. The smallest absolute Gasteiger partial charge is 0.416 e. The number of rotatable bonds is 5. The van der Waals surface area contributed by atoms with Crippen molar-refractivity contribution in [1.82, 2.24) is 0 Å². The van der Waals surface area contributed by atoms with E-state index in [-0.39, 0.29) is 22.5 Å². The van der Waals surface area contributed by atoms with Crippen LogP contribution in [0.5, 0.6) is 0 Å². The molecule has 0 saturated carbocycles. The number of ether oxygens (including phenoxy) is 1. The summed E-state index contributed by atoms with van der Waals surface area (Å²) >= 11 is 0. The summed E-state index contributed by atoms with van der Waals surface area (Å²) in [5, 5.41) is 13.2. The highest BCUT2D eigenvalue weighted by atomic mass is 19.4. The van der Waals surface area contributed by atoms with Gasteiger partial charge in [-0.2, -0.15) is 13.2 Å². The number of hydrogen-bond donors (Lipinski definition) is 1. The van der Waals surface area contributed by atoms with E-state index in [0.717, 1.165) is 18.2 Å². The van der Waals surface area contributed by atoms with E-state index >= 15 is 0 Å². The molecule has 0 saturated heterocycles. The van der Waals surface area contributed by atoms with Crippen LogP contribution in [0.4, 0.5) is 24.5 Å². The monoisotopic (exact) mass is 396 g/mol. The Bertz CT molecular complexity index is 928. The van der Waals surface area contributed by atoms with Gasteiger partial charge >= 0.3 is 12.1 Å². The number of nitrogens with one attached hydrogen (secondary N) is 1. The van der Waals surface area contributed by atoms with Crippen molar-refractivity contribution in [3.63, 3.8) is 0 Å². The van der Waals surface area contributed by atoms with Crippen LogP contribution in [0.3, 0.4) is 0 Å². The highest BCUT2D eigenvalue weighted by Crippen LogP contribution is 2.30. The van der Waals surface area contributed by atoms with Crippen LogP contribution in [0, 0.1) is 17.0 Å². The number of benzene rings is 2. The van der Waals surface area contributed by atoms with Gasteiger partial charge in [0.05, 0.1) is 16.1 Å². The summed E-state index contributed by atoms with van der Waals surface area (Å²) in [5.41, 5.74) is -1.36. The minimum Gasteiger partial charge on any atom is -0.449 e. The van der Waals surface area contributed by atoms with Crippen molar-refractivity contribution in [2.24, 2.45) is 0 Å². The molecule has 0 heterocycles. The predicted molar refractivity (Wildman–Crippen MR) is 92.8 cm³/mol.